The number of hydrogen-bond acceptors (Lipinski definition) is 1. The molecule has 0 amide bonds. The summed E-state index contributed by atoms with van der Waals surface area (Å²) >= 11 is 17.4. The Hall–Kier alpha value is 0.237. The third kappa shape index (κ3) is 2.63. The van der Waals surface area contributed by atoms with Crippen molar-refractivity contribution >= 4 is 44.6 Å². The van der Waals surface area contributed by atoms with Crippen LogP contribution in [0.1, 0.15) is 12.5 Å². The van der Waals surface area contributed by atoms with Crippen molar-refractivity contribution in [3.05, 3.63) is 23.9 Å². The van der Waals surface area contributed by atoms with Crippen molar-refractivity contribution in [1.82, 2.24) is 4.98 Å². The molecule has 0 fully saturated rings. The van der Waals surface area contributed by atoms with Gasteiger partial charge in [-0.25, -0.2) is 0 Å². The van der Waals surface area contributed by atoms with Crippen molar-refractivity contribution in [3.8, 4) is 0 Å². The van der Waals surface area contributed by atoms with Gasteiger partial charge in [0, 0.05) is 6.20 Å². The SMILES string of the molecule is CCc1ccnc([Si](Cl)(Cl)Cl)c1. The molecule has 0 radical (unpaired) electrons. The monoisotopic (exact) mass is 239 g/mol. The Morgan fingerprint density at radius 3 is 2.58 bits per heavy atom. The highest BCUT2D eigenvalue weighted by molar-refractivity contribution is 7.69. The third-order valence-electron chi connectivity index (χ3n) is 1.52. The fourth-order valence-electron chi connectivity index (χ4n) is 0.849. The van der Waals surface area contributed by atoms with Crippen LogP contribution in [0, 0.1) is 0 Å². The fraction of sp³-hybridized carbons (Fsp3) is 0.286. The zero-order valence-electron chi connectivity index (χ0n) is 6.52. The molecule has 1 aromatic rings. The van der Waals surface area contributed by atoms with Gasteiger partial charge in [0.2, 0.25) is 0 Å². The lowest BCUT2D eigenvalue weighted by atomic mass is 10.2. The zero-order chi connectivity index (χ0) is 9.19. The molecule has 0 aliphatic heterocycles. The van der Waals surface area contributed by atoms with Crippen LogP contribution < -0.4 is 5.32 Å². The van der Waals surface area contributed by atoms with Gasteiger partial charge in [0.1, 0.15) is 0 Å². The fourth-order valence-corrected chi connectivity index (χ4v) is 2.35. The van der Waals surface area contributed by atoms with Gasteiger partial charge in [-0.2, -0.15) is 0 Å². The summed E-state index contributed by atoms with van der Waals surface area (Å²) in [5.74, 6) is 0. The number of pyridine rings is 1. The quantitative estimate of drug-likeness (QED) is 0.572. The minimum Gasteiger partial charge on any atom is -0.262 e. The number of aromatic nitrogens is 1. The second-order valence-corrected chi connectivity index (χ2v) is 10.8. The van der Waals surface area contributed by atoms with Crippen molar-refractivity contribution in [2.24, 2.45) is 0 Å². The van der Waals surface area contributed by atoms with Crippen molar-refractivity contribution in [2.75, 3.05) is 0 Å². The lowest BCUT2D eigenvalue weighted by molar-refractivity contribution is 1.13. The molecule has 0 saturated heterocycles. The molecule has 1 rings (SSSR count). The van der Waals surface area contributed by atoms with Gasteiger partial charge in [0.15, 0.2) is 0 Å². The van der Waals surface area contributed by atoms with Crippen LogP contribution in [0.4, 0.5) is 0 Å². The Kier molecular flexibility index (Phi) is 3.41. The highest BCUT2D eigenvalue weighted by Crippen LogP contribution is 2.18. The van der Waals surface area contributed by atoms with E-state index in [1.54, 1.807) is 6.20 Å². The molecule has 0 aliphatic rings. The van der Waals surface area contributed by atoms with E-state index in [0.717, 1.165) is 12.0 Å². The van der Waals surface area contributed by atoms with Crippen LogP contribution in [-0.4, -0.2) is 11.0 Å². The molecule has 0 bridgehead atoms. The Labute approximate surface area is 86.8 Å². The van der Waals surface area contributed by atoms with Crippen molar-refractivity contribution < 1.29 is 0 Å². The summed E-state index contributed by atoms with van der Waals surface area (Å²) in [6.45, 7) is 2.05. The Balaban J connectivity index is 3.02. The van der Waals surface area contributed by atoms with E-state index in [9.17, 15) is 0 Å². The van der Waals surface area contributed by atoms with Crippen LogP contribution in [-0.2, 0) is 6.42 Å². The summed E-state index contributed by atoms with van der Waals surface area (Å²) < 4.78 is 0. The average molecular weight is 241 g/mol. The Morgan fingerprint density at radius 2 is 2.08 bits per heavy atom. The van der Waals surface area contributed by atoms with E-state index in [0.29, 0.717) is 5.32 Å². The van der Waals surface area contributed by atoms with Crippen molar-refractivity contribution in [3.63, 3.8) is 0 Å². The number of nitrogens with zero attached hydrogens (tertiary/aromatic N) is 1. The van der Waals surface area contributed by atoms with Gasteiger partial charge in [-0.05, 0) is 24.1 Å². The molecule has 1 heterocycles. The van der Waals surface area contributed by atoms with Gasteiger partial charge in [-0.3, -0.25) is 4.98 Å². The van der Waals surface area contributed by atoms with Crippen molar-refractivity contribution in [2.45, 2.75) is 13.3 Å². The van der Waals surface area contributed by atoms with Crippen LogP contribution in [0.3, 0.4) is 0 Å². The first-order chi connectivity index (χ1) is 5.54. The number of halogens is 3. The van der Waals surface area contributed by atoms with E-state index < -0.39 is 6.00 Å². The van der Waals surface area contributed by atoms with Crippen LogP contribution in [0.25, 0.3) is 0 Å². The maximum atomic E-state index is 5.79. The summed E-state index contributed by atoms with van der Waals surface area (Å²) in [6.07, 6.45) is 2.62. The summed E-state index contributed by atoms with van der Waals surface area (Å²) in [7, 11) is 0. The standard InChI is InChI=1S/C7H8Cl3NSi/c1-2-6-3-4-11-7(5-6)12(8,9)10/h3-5H,2H2,1H3. The van der Waals surface area contributed by atoms with Crippen LogP contribution in [0.2, 0.25) is 0 Å². The average Bonchev–Trinajstić information content (AvgIpc) is 2.03. The second-order valence-electron chi connectivity index (χ2n) is 2.40. The topological polar surface area (TPSA) is 12.9 Å². The summed E-state index contributed by atoms with van der Waals surface area (Å²) in [4.78, 5) is 4.02. The Morgan fingerprint density at radius 1 is 1.42 bits per heavy atom. The van der Waals surface area contributed by atoms with Crippen molar-refractivity contribution in [1.29, 1.82) is 0 Å². The van der Waals surface area contributed by atoms with E-state index in [1.165, 1.54) is 0 Å². The first kappa shape index (κ1) is 10.3. The van der Waals surface area contributed by atoms with Gasteiger partial charge in [0.05, 0.1) is 5.32 Å². The summed E-state index contributed by atoms with van der Waals surface area (Å²) in [6, 6.07) is 1.01. The minimum absolute atomic E-state index is 0.617. The molecule has 1 nitrogen and oxygen atoms in total. The van der Waals surface area contributed by atoms with Crippen LogP contribution in [0.5, 0.6) is 0 Å². The van der Waals surface area contributed by atoms with E-state index >= 15 is 0 Å². The smallest absolute Gasteiger partial charge is 0.262 e. The molecule has 66 valence electrons. The predicted molar refractivity (Wildman–Crippen MR) is 56.6 cm³/mol. The lowest BCUT2D eigenvalue weighted by Gasteiger charge is -2.07. The van der Waals surface area contributed by atoms with E-state index in [1.807, 2.05) is 12.1 Å². The van der Waals surface area contributed by atoms with Gasteiger partial charge in [0.25, 0.3) is 0 Å². The largest absolute Gasteiger partial charge is 0.391 e. The minimum atomic E-state index is -2.78. The maximum absolute atomic E-state index is 5.79. The molecule has 0 unspecified atom stereocenters. The van der Waals surface area contributed by atoms with E-state index in [4.69, 9.17) is 33.2 Å². The number of hydrogen-bond donors (Lipinski definition) is 0. The first-order valence-corrected chi connectivity index (χ1v) is 8.59. The Bertz CT molecular complexity index is 272. The molecule has 0 atom stereocenters. The summed E-state index contributed by atoms with van der Waals surface area (Å²) in [5, 5.41) is 0.617. The highest BCUT2D eigenvalue weighted by atomic mass is 35.8. The lowest BCUT2D eigenvalue weighted by Crippen LogP contribution is -2.33. The highest BCUT2D eigenvalue weighted by Gasteiger charge is 2.29. The maximum Gasteiger partial charge on any atom is 0.391 e. The van der Waals surface area contributed by atoms with Crippen LogP contribution in [0.15, 0.2) is 18.3 Å². The molecule has 5 heteroatoms. The molecule has 0 aromatic carbocycles. The van der Waals surface area contributed by atoms with Crippen LogP contribution >= 0.6 is 33.2 Å². The first-order valence-electron chi connectivity index (χ1n) is 3.56. The zero-order valence-corrected chi connectivity index (χ0v) is 9.79. The summed E-state index contributed by atoms with van der Waals surface area (Å²) in [5.41, 5.74) is 1.15. The molecular weight excluding hydrogens is 233 g/mol. The number of rotatable bonds is 2. The molecule has 0 saturated carbocycles. The van der Waals surface area contributed by atoms with Gasteiger partial charge in [-0.1, -0.05) is 6.92 Å². The predicted octanol–water partition coefficient (Wildman–Crippen LogP) is 2.51. The number of aryl methyl sites for hydroxylation is 1. The van der Waals surface area contributed by atoms with E-state index in [2.05, 4.69) is 11.9 Å². The third-order valence-corrected chi connectivity index (χ3v) is 4.12. The molecular formula is C7H8Cl3NSi. The molecule has 0 aliphatic carbocycles. The molecule has 1 aromatic heterocycles. The molecule has 12 heavy (non-hydrogen) atoms. The molecule has 0 N–H and O–H groups in total. The molecule has 0 spiro atoms. The van der Waals surface area contributed by atoms with Gasteiger partial charge >= 0.3 is 6.00 Å². The normalized spacial score (nSPS) is 11.7. The van der Waals surface area contributed by atoms with Gasteiger partial charge in [-0.15, -0.1) is 33.2 Å². The second kappa shape index (κ2) is 3.96. The van der Waals surface area contributed by atoms with E-state index in [-0.39, 0.29) is 0 Å². The van der Waals surface area contributed by atoms with Gasteiger partial charge < -0.3 is 0 Å².